The number of hydrogen-bond acceptors (Lipinski definition) is 7. The van der Waals surface area contributed by atoms with E-state index in [1.807, 2.05) is 44.2 Å². The third-order valence-electron chi connectivity index (χ3n) is 6.68. The number of sulfonamides is 1. The maximum absolute atomic E-state index is 14.3. The highest BCUT2D eigenvalue weighted by Crippen LogP contribution is 2.37. The smallest absolute Gasteiger partial charge is 0.265 e. The van der Waals surface area contributed by atoms with Crippen LogP contribution in [-0.4, -0.2) is 65.6 Å². The minimum atomic E-state index is -4.42. The minimum absolute atomic E-state index is 0.0507. The summed E-state index contributed by atoms with van der Waals surface area (Å²) in [5, 5.41) is 3.10. The first kappa shape index (κ1) is 33.5. The maximum atomic E-state index is 14.3. The predicted octanol–water partition coefficient (Wildman–Crippen LogP) is 4.75. The Hall–Kier alpha value is -3.96. The van der Waals surface area contributed by atoms with Crippen LogP contribution in [0, 0.1) is 5.92 Å². The van der Waals surface area contributed by atoms with Crippen LogP contribution in [0.3, 0.4) is 0 Å². The Kier molecular flexibility index (Phi) is 11.7. The number of carbonyl (C=O) groups is 2. The average Bonchev–Trinajstić information content (AvgIpc) is 3.00. The lowest BCUT2D eigenvalue weighted by Gasteiger charge is -2.32. The number of halogens is 1. The van der Waals surface area contributed by atoms with Gasteiger partial charge >= 0.3 is 0 Å². The van der Waals surface area contributed by atoms with Crippen LogP contribution in [0.5, 0.6) is 17.2 Å². The van der Waals surface area contributed by atoms with Crippen molar-refractivity contribution in [3.63, 3.8) is 0 Å². The van der Waals surface area contributed by atoms with E-state index in [4.69, 9.17) is 25.8 Å². The van der Waals surface area contributed by atoms with Crippen LogP contribution in [0.25, 0.3) is 0 Å². The number of rotatable bonds is 14. The third-order valence-corrected chi connectivity index (χ3v) is 8.67. The predicted molar refractivity (Wildman–Crippen MR) is 166 cm³/mol. The third kappa shape index (κ3) is 8.32. The average molecular weight is 632 g/mol. The van der Waals surface area contributed by atoms with Crippen LogP contribution < -0.4 is 23.8 Å². The van der Waals surface area contributed by atoms with Crippen LogP contribution in [-0.2, 0) is 26.2 Å². The molecule has 3 aromatic carbocycles. The van der Waals surface area contributed by atoms with Crippen molar-refractivity contribution in [1.29, 1.82) is 0 Å². The summed E-state index contributed by atoms with van der Waals surface area (Å²) in [6.07, 6.45) is 0. The fraction of sp³-hybridized carbons (Fsp3) is 0.355. The largest absolute Gasteiger partial charge is 0.495 e. The van der Waals surface area contributed by atoms with E-state index in [-0.39, 0.29) is 45.5 Å². The normalized spacial score (nSPS) is 11.9. The molecule has 0 heterocycles. The number of benzene rings is 3. The molecule has 1 atom stereocenters. The molecule has 0 radical (unpaired) electrons. The Morgan fingerprint density at radius 1 is 0.860 bits per heavy atom. The molecule has 10 nitrogen and oxygen atoms in total. The molecule has 1 N–H and O–H groups in total. The Bertz CT molecular complexity index is 1520. The second-order valence-corrected chi connectivity index (χ2v) is 12.5. The Morgan fingerprint density at radius 2 is 1.49 bits per heavy atom. The zero-order chi connectivity index (χ0) is 31.7. The molecule has 0 bridgehead atoms. The Labute approximate surface area is 258 Å². The molecule has 12 heteroatoms. The van der Waals surface area contributed by atoms with Gasteiger partial charge in [-0.3, -0.25) is 13.9 Å². The van der Waals surface area contributed by atoms with Gasteiger partial charge in [0.25, 0.3) is 10.0 Å². The standard InChI is InChI=1S/C31H38ClN3O7S/c1-21(2)18-33-31(37)22(3)34(19-23-10-8-7-9-11-23)30(36)20-35(26-16-24(32)12-14-27(26)40-4)43(38,39)25-13-15-28(41-5)29(17-25)42-6/h7-17,21-22H,18-20H2,1-6H3,(H,33,37)/t22-/m1/s1. The summed E-state index contributed by atoms with van der Waals surface area (Å²) in [4.78, 5) is 28.5. The molecule has 3 rings (SSSR count). The summed E-state index contributed by atoms with van der Waals surface area (Å²) in [7, 11) is -0.202. The Morgan fingerprint density at radius 3 is 2.09 bits per heavy atom. The van der Waals surface area contributed by atoms with Gasteiger partial charge in [0.05, 0.1) is 31.9 Å². The molecule has 2 amide bonds. The fourth-order valence-corrected chi connectivity index (χ4v) is 5.89. The zero-order valence-corrected chi connectivity index (χ0v) is 26.7. The lowest BCUT2D eigenvalue weighted by atomic mass is 10.1. The van der Waals surface area contributed by atoms with E-state index >= 15 is 0 Å². The van der Waals surface area contributed by atoms with Crippen LogP contribution >= 0.6 is 11.6 Å². The molecule has 0 aliphatic heterocycles. The minimum Gasteiger partial charge on any atom is -0.495 e. The van der Waals surface area contributed by atoms with E-state index in [2.05, 4.69) is 5.32 Å². The monoisotopic (exact) mass is 631 g/mol. The van der Waals surface area contributed by atoms with Crippen molar-refractivity contribution in [2.75, 3.05) is 38.7 Å². The number of hydrogen-bond donors (Lipinski definition) is 1. The molecule has 0 aromatic heterocycles. The van der Waals surface area contributed by atoms with Crippen LogP contribution in [0.4, 0.5) is 5.69 Å². The number of nitrogens with one attached hydrogen (secondary N) is 1. The van der Waals surface area contributed by atoms with Gasteiger partial charge in [0.2, 0.25) is 11.8 Å². The fourth-order valence-electron chi connectivity index (χ4n) is 4.29. The molecule has 43 heavy (non-hydrogen) atoms. The van der Waals surface area contributed by atoms with Crippen molar-refractivity contribution < 1.29 is 32.2 Å². The second kappa shape index (κ2) is 15.0. The highest BCUT2D eigenvalue weighted by molar-refractivity contribution is 7.92. The van der Waals surface area contributed by atoms with Crippen LogP contribution in [0.1, 0.15) is 26.3 Å². The zero-order valence-electron chi connectivity index (χ0n) is 25.2. The molecular weight excluding hydrogens is 594 g/mol. The number of amides is 2. The molecule has 0 saturated heterocycles. The molecule has 3 aromatic rings. The second-order valence-electron chi connectivity index (χ2n) is 10.2. The Balaban J connectivity index is 2.12. The summed E-state index contributed by atoms with van der Waals surface area (Å²) < 4.78 is 45.5. The van der Waals surface area contributed by atoms with Crippen molar-refractivity contribution >= 4 is 39.1 Å². The molecule has 232 valence electrons. The lowest BCUT2D eigenvalue weighted by molar-refractivity contribution is -0.139. The maximum Gasteiger partial charge on any atom is 0.265 e. The van der Waals surface area contributed by atoms with E-state index in [0.717, 1.165) is 9.87 Å². The number of ether oxygens (including phenoxy) is 3. The van der Waals surface area contributed by atoms with Crippen molar-refractivity contribution in [3.05, 3.63) is 77.3 Å². The first-order valence-corrected chi connectivity index (χ1v) is 15.4. The lowest BCUT2D eigenvalue weighted by Crippen LogP contribution is -2.51. The van der Waals surface area contributed by atoms with Gasteiger partial charge in [-0.05, 0) is 48.7 Å². The quantitative estimate of drug-likeness (QED) is 0.273. The number of anilines is 1. The highest BCUT2D eigenvalue weighted by Gasteiger charge is 2.34. The molecule has 0 saturated carbocycles. The first-order valence-electron chi connectivity index (χ1n) is 13.6. The topological polar surface area (TPSA) is 114 Å². The molecule has 0 aliphatic carbocycles. The van der Waals surface area contributed by atoms with E-state index in [1.54, 1.807) is 13.0 Å². The van der Waals surface area contributed by atoms with E-state index in [0.29, 0.717) is 12.3 Å². The molecule has 0 unspecified atom stereocenters. The highest BCUT2D eigenvalue weighted by atomic mass is 35.5. The molecule has 0 spiro atoms. The van der Waals surface area contributed by atoms with Gasteiger partial charge in [-0.1, -0.05) is 55.8 Å². The van der Waals surface area contributed by atoms with Crippen molar-refractivity contribution in [2.45, 2.75) is 38.3 Å². The van der Waals surface area contributed by atoms with Gasteiger partial charge in [0, 0.05) is 24.2 Å². The number of carbonyl (C=O) groups excluding carboxylic acids is 2. The summed E-state index contributed by atoms with van der Waals surface area (Å²) >= 11 is 6.30. The summed E-state index contributed by atoms with van der Waals surface area (Å²) in [6, 6.07) is 16.9. The SMILES string of the molecule is COc1ccc(S(=O)(=O)N(CC(=O)N(Cc2ccccc2)[C@H](C)C(=O)NCC(C)C)c2cc(Cl)ccc2OC)cc1OC. The van der Waals surface area contributed by atoms with Crippen molar-refractivity contribution in [1.82, 2.24) is 10.2 Å². The van der Waals surface area contributed by atoms with Crippen molar-refractivity contribution in [2.24, 2.45) is 5.92 Å². The number of methoxy groups -OCH3 is 3. The van der Waals surface area contributed by atoms with Gasteiger partial charge in [-0.2, -0.15) is 0 Å². The van der Waals surface area contributed by atoms with Gasteiger partial charge in [-0.25, -0.2) is 8.42 Å². The van der Waals surface area contributed by atoms with Gasteiger partial charge in [0.1, 0.15) is 18.3 Å². The van der Waals surface area contributed by atoms with E-state index in [9.17, 15) is 18.0 Å². The summed E-state index contributed by atoms with van der Waals surface area (Å²) in [5.74, 6) is -0.0612. The van der Waals surface area contributed by atoms with Crippen LogP contribution in [0.2, 0.25) is 5.02 Å². The summed E-state index contributed by atoms with van der Waals surface area (Å²) in [6.45, 7) is 5.40. The molecule has 0 aliphatic rings. The molecular formula is C31H38ClN3O7S. The summed E-state index contributed by atoms with van der Waals surface area (Å²) in [5.41, 5.74) is 0.823. The number of nitrogens with zero attached hydrogens (tertiary/aromatic N) is 2. The van der Waals surface area contributed by atoms with Gasteiger partial charge < -0.3 is 24.4 Å². The van der Waals surface area contributed by atoms with Gasteiger partial charge in [0.15, 0.2) is 11.5 Å². The van der Waals surface area contributed by atoms with Gasteiger partial charge in [-0.15, -0.1) is 0 Å². The first-order chi connectivity index (χ1) is 20.4. The van der Waals surface area contributed by atoms with E-state index < -0.39 is 28.5 Å². The van der Waals surface area contributed by atoms with E-state index in [1.165, 1.54) is 56.6 Å². The van der Waals surface area contributed by atoms with Crippen LogP contribution in [0.15, 0.2) is 71.6 Å². The molecule has 0 fully saturated rings. The van der Waals surface area contributed by atoms with Crippen molar-refractivity contribution in [3.8, 4) is 17.2 Å².